The lowest BCUT2D eigenvalue weighted by molar-refractivity contribution is 0.0693. The third kappa shape index (κ3) is 1.40. The Labute approximate surface area is 110 Å². The molecule has 1 fully saturated rings. The van der Waals surface area contributed by atoms with Crippen LogP contribution in [0.5, 0.6) is 0 Å². The highest BCUT2D eigenvalue weighted by Crippen LogP contribution is 2.34. The minimum absolute atomic E-state index is 0.181. The average molecular weight is 312 g/mol. The minimum atomic E-state index is 0.181. The molecule has 88 valence electrons. The summed E-state index contributed by atoms with van der Waals surface area (Å²) >= 11 is 4.99. The van der Waals surface area contributed by atoms with Gasteiger partial charge in [0.25, 0.3) is 5.91 Å². The standard InChI is InChI=1S/C11H10BrN3OS/c12-11-13-7-5-8-9(16)14(6-1-2-6)3-4-15(8)10(7)17-11/h5-6H,1-4H2. The predicted octanol–water partition coefficient (Wildman–Crippen LogP) is 2.48. The number of aromatic nitrogens is 2. The van der Waals surface area contributed by atoms with E-state index in [1.165, 1.54) is 12.8 Å². The molecule has 0 unspecified atom stereocenters. The summed E-state index contributed by atoms with van der Waals surface area (Å²) in [5.41, 5.74) is 1.74. The van der Waals surface area contributed by atoms with Crippen molar-refractivity contribution in [3.05, 3.63) is 15.7 Å². The molecule has 0 bridgehead atoms. The summed E-state index contributed by atoms with van der Waals surface area (Å²) in [5, 5.41) is 0. The van der Waals surface area contributed by atoms with Gasteiger partial charge in [-0.2, -0.15) is 0 Å². The van der Waals surface area contributed by atoms with Crippen molar-refractivity contribution in [3.8, 4) is 0 Å². The summed E-state index contributed by atoms with van der Waals surface area (Å²) in [7, 11) is 0. The van der Waals surface area contributed by atoms with Crippen LogP contribution in [0.15, 0.2) is 9.98 Å². The van der Waals surface area contributed by atoms with Gasteiger partial charge < -0.3 is 9.47 Å². The van der Waals surface area contributed by atoms with E-state index < -0.39 is 0 Å². The van der Waals surface area contributed by atoms with E-state index in [1.54, 1.807) is 11.3 Å². The van der Waals surface area contributed by atoms with Crippen LogP contribution in [0.2, 0.25) is 0 Å². The van der Waals surface area contributed by atoms with Crippen LogP contribution in [0.1, 0.15) is 23.3 Å². The SMILES string of the molecule is O=C1c2cc3nc(Br)sc3n2CCN1C1CC1. The summed E-state index contributed by atoms with van der Waals surface area (Å²) in [4.78, 5) is 19.8. The van der Waals surface area contributed by atoms with Crippen molar-refractivity contribution in [1.29, 1.82) is 0 Å². The van der Waals surface area contributed by atoms with Gasteiger partial charge in [-0.25, -0.2) is 4.98 Å². The van der Waals surface area contributed by atoms with Crippen LogP contribution >= 0.6 is 27.3 Å². The molecular formula is C11H10BrN3OS. The first-order chi connectivity index (χ1) is 8.24. The molecular weight excluding hydrogens is 302 g/mol. The number of hydrogen-bond donors (Lipinski definition) is 0. The second kappa shape index (κ2) is 3.32. The second-order valence-corrected chi connectivity index (χ2v) is 6.82. The van der Waals surface area contributed by atoms with Crippen molar-refractivity contribution in [1.82, 2.24) is 14.5 Å². The van der Waals surface area contributed by atoms with E-state index in [0.29, 0.717) is 6.04 Å². The molecule has 4 nitrogen and oxygen atoms in total. The van der Waals surface area contributed by atoms with E-state index in [-0.39, 0.29) is 5.91 Å². The molecule has 17 heavy (non-hydrogen) atoms. The predicted molar refractivity (Wildman–Crippen MR) is 69.4 cm³/mol. The summed E-state index contributed by atoms with van der Waals surface area (Å²) in [6.07, 6.45) is 2.34. The molecule has 1 saturated carbocycles. The normalized spacial score (nSPS) is 20.1. The average Bonchev–Trinajstić information content (AvgIpc) is 2.98. The lowest BCUT2D eigenvalue weighted by atomic mass is 10.3. The fourth-order valence-corrected chi connectivity index (χ4v) is 3.96. The lowest BCUT2D eigenvalue weighted by Crippen LogP contribution is -2.41. The quantitative estimate of drug-likeness (QED) is 0.811. The number of rotatable bonds is 1. The molecule has 4 rings (SSSR count). The van der Waals surface area contributed by atoms with Crippen LogP contribution in [-0.2, 0) is 6.54 Å². The molecule has 2 aliphatic rings. The van der Waals surface area contributed by atoms with E-state index in [9.17, 15) is 4.79 Å². The molecule has 0 radical (unpaired) electrons. The van der Waals surface area contributed by atoms with Gasteiger partial charge in [0.15, 0.2) is 3.92 Å². The van der Waals surface area contributed by atoms with Crippen LogP contribution in [0.3, 0.4) is 0 Å². The summed E-state index contributed by atoms with van der Waals surface area (Å²) in [6.45, 7) is 1.74. The van der Waals surface area contributed by atoms with Crippen LogP contribution in [-0.4, -0.2) is 32.9 Å². The summed E-state index contributed by atoms with van der Waals surface area (Å²) in [5.74, 6) is 0.181. The molecule has 0 saturated heterocycles. The minimum Gasteiger partial charge on any atom is -0.333 e. The van der Waals surface area contributed by atoms with Crippen molar-refractivity contribution in [2.45, 2.75) is 25.4 Å². The number of amides is 1. The third-order valence-electron chi connectivity index (χ3n) is 3.45. The number of thiazole rings is 1. The Hall–Kier alpha value is -0.880. The number of fused-ring (bicyclic) bond motifs is 3. The number of halogens is 1. The first-order valence-electron chi connectivity index (χ1n) is 5.70. The molecule has 3 heterocycles. The number of carbonyl (C=O) groups excluding carboxylic acids is 1. The maximum atomic E-state index is 12.3. The first kappa shape index (κ1) is 10.1. The van der Waals surface area contributed by atoms with E-state index in [4.69, 9.17) is 0 Å². The van der Waals surface area contributed by atoms with E-state index in [2.05, 4.69) is 25.5 Å². The Bertz CT molecular complexity index is 628. The first-order valence-corrected chi connectivity index (χ1v) is 7.31. The molecule has 0 atom stereocenters. The van der Waals surface area contributed by atoms with Crippen molar-refractivity contribution >= 4 is 43.5 Å². The second-order valence-electron chi connectivity index (χ2n) is 4.57. The van der Waals surface area contributed by atoms with E-state index >= 15 is 0 Å². The van der Waals surface area contributed by atoms with Gasteiger partial charge in [-0.1, -0.05) is 11.3 Å². The Morgan fingerprint density at radius 2 is 2.24 bits per heavy atom. The summed E-state index contributed by atoms with van der Waals surface area (Å²) in [6, 6.07) is 2.43. The Balaban J connectivity index is 1.85. The third-order valence-corrected chi connectivity index (χ3v) is 5.00. The molecule has 1 aliphatic heterocycles. The molecule has 0 spiro atoms. The maximum Gasteiger partial charge on any atom is 0.270 e. The topological polar surface area (TPSA) is 38.1 Å². The molecule has 1 aliphatic carbocycles. The monoisotopic (exact) mass is 311 g/mol. The molecule has 2 aromatic rings. The molecule has 0 aromatic carbocycles. The molecule has 2 aromatic heterocycles. The molecule has 6 heteroatoms. The highest BCUT2D eigenvalue weighted by atomic mass is 79.9. The summed E-state index contributed by atoms with van der Waals surface area (Å²) < 4.78 is 2.99. The van der Waals surface area contributed by atoms with Gasteiger partial charge in [0.2, 0.25) is 0 Å². The lowest BCUT2D eigenvalue weighted by Gasteiger charge is -2.28. The zero-order chi connectivity index (χ0) is 11.6. The van der Waals surface area contributed by atoms with Gasteiger partial charge in [-0.15, -0.1) is 0 Å². The van der Waals surface area contributed by atoms with Crippen LogP contribution < -0.4 is 0 Å². The van der Waals surface area contributed by atoms with E-state index in [1.807, 2.05) is 11.0 Å². The highest BCUT2D eigenvalue weighted by molar-refractivity contribution is 9.11. The number of nitrogens with zero attached hydrogens (tertiary/aromatic N) is 3. The van der Waals surface area contributed by atoms with Crippen molar-refractivity contribution in [3.63, 3.8) is 0 Å². The molecule has 0 N–H and O–H groups in total. The zero-order valence-corrected chi connectivity index (χ0v) is 11.4. The van der Waals surface area contributed by atoms with Crippen molar-refractivity contribution in [2.24, 2.45) is 0 Å². The van der Waals surface area contributed by atoms with E-state index in [0.717, 1.165) is 33.0 Å². The van der Waals surface area contributed by atoms with Gasteiger partial charge in [-0.05, 0) is 34.8 Å². The van der Waals surface area contributed by atoms with Crippen LogP contribution in [0.4, 0.5) is 0 Å². The molecule has 1 amide bonds. The van der Waals surface area contributed by atoms with Crippen LogP contribution in [0.25, 0.3) is 10.3 Å². The van der Waals surface area contributed by atoms with Crippen molar-refractivity contribution < 1.29 is 4.79 Å². The van der Waals surface area contributed by atoms with Gasteiger partial charge >= 0.3 is 0 Å². The highest BCUT2D eigenvalue weighted by Gasteiger charge is 2.37. The Morgan fingerprint density at radius 1 is 1.41 bits per heavy atom. The Kier molecular flexibility index (Phi) is 1.97. The number of hydrogen-bond acceptors (Lipinski definition) is 3. The largest absolute Gasteiger partial charge is 0.333 e. The van der Waals surface area contributed by atoms with Crippen LogP contribution in [0, 0.1) is 0 Å². The zero-order valence-electron chi connectivity index (χ0n) is 9.02. The van der Waals surface area contributed by atoms with Gasteiger partial charge in [0.1, 0.15) is 16.0 Å². The van der Waals surface area contributed by atoms with Gasteiger partial charge in [0.05, 0.1) is 0 Å². The fourth-order valence-electron chi connectivity index (χ4n) is 2.49. The maximum absolute atomic E-state index is 12.3. The fraction of sp³-hybridized carbons (Fsp3) is 0.455. The number of carbonyl (C=O) groups is 1. The van der Waals surface area contributed by atoms with Crippen molar-refractivity contribution in [2.75, 3.05) is 6.54 Å². The smallest absolute Gasteiger partial charge is 0.270 e. The Morgan fingerprint density at radius 3 is 3.00 bits per heavy atom. The van der Waals surface area contributed by atoms with Gasteiger partial charge in [0, 0.05) is 19.1 Å². The van der Waals surface area contributed by atoms with Gasteiger partial charge in [-0.3, -0.25) is 4.79 Å².